The van der Waals surface area contributed by atoms with Crippen LogP contribution in [0.25, 0.3) is 0 Å². The van der Waals surface area contributed by atoms with Crippen molar-refractivity contribution in [3.05, 3.63) is 17.6 Å². The molecule has 1 fully saturated rings. The van der Waals surface area contributed by atoms with Gasteiger partial charge < -0.3 is 15.0 Å². The third-order valence-electron chi connectivity index (χ3n) is 3.29. The molecule has 1 aromatic rings. The van der Waals surface area contributed by atoms with E-state index < -0.39 is 0 Å². The number of ether oxygens (including phenoxy) is 1. The molecular formula is C14H22N4O2. The van der Waals surface area contributed by atoms with E-state index in [1.54, 1.807) is 0 Å². The van der Waals surface area contributed by atoms with E-state index in [0.29, 0.717) is 12.4 Å². The Kier molecular flexibility index (Phi) is 5.29. The van der Waals surface area contributed by atoms with Gasteiger partial charge in [-0.15, -0.1) is 0 Å². The third-order valence-corrected chi connectivity index (χ3v) is 3.29. The molecule has 0 unspecified atom stereocenters. The number of rotatable bonds is 5. The summed E-state index contributed by atoms with van der Waals surface area (Å²) in [5.74, 6) is 1.46. The molecule has 6 heteroatoms. The summed E-state index contributed by atoms with van der Waals surface area (Å²) in [6.07, 6.45) is 3.71. The van der Waals surface area contributed by atoms with Gasteiger partial charge in [0.2, 0.25) is 5.91 Å². The second kappa shape index (κ2) is 7.19. The summed E-state index contributed by atoms with van der Waals surface area (Å²) in [5, 5.41) is 2.75. The molecule has 20 heavy (non-hydrogen) atoms. The maximum Gasteiger partial charge on any atom is 0.246 e. The maximum atomic E-state index is 11.4. The second-order valence-corrected chi connectivity index (χ2v) is 5.04. The topological polar surface area (TPSA) is 67.3 Å². The summed E-state index contributed by atoms with van der Waals surface area (Å²) < 4.78 is 4.77. The molecule has 1 amide bonds. The molecule has 0 saturated carbocycles. The molecule has 0 spiro atoms. The van der Waals surface area contributed by atoms with Crippen molar-refractivity contribution in [3.8, 4) is 0 Å². The molecule has 110 valence electrons. The molecule has 1 aliphatic heterocycles. The number of amides is 1. The van der Waals surface area contributed by atoms with Crippen LogP contribution in [0, 0.1) is 6.92 Å². The summed E-state index contributed by atoms with van der Waals surface area (Å²) in [4.78, 5) is 22.6. The average Bonchev–Trinajstić information content (AvgIpc) is 2.46. The Morgan fingerprint density at radius 1 is 1.35 bits per heavy atom. The fourth-order valence-electron chi connectivity index (χ4n) is 2.34. The lowest BCUT2D eigenvalue weighted by Crippen LogP contribution is -2.31. The smallest absolute Gasteiger partial charge is 0.246 e. The first kappa shape index (κ1) is 14.7. The Hall–Kier alpha value is -1.69. The van der Waals surface area contributed by atoms with Crippen LogP contribution in [0.3, 0.4) is 0 Å². The van der Waals surface area contributed by atoms with Crippen molar-refractivity contribution in [1.29, 1.82) is 0 Å². The van der Waals surface area contributed by atoms with Gasteiger partial charge in [-0.1, -0.05) is 0 Å². The number of hydrogen-bond acceptors (Lipinski definition) is 5. The Labute approximate surface area is 119 Å². The van der Waals surface area contributed by atoms with Crippen molar-refractivity contribution in [3.63, 3.8) is 0 Å². The van der Waals surface area contributed by atoms with Crippen LogP contribution in [0.4, 0.5) is 5.82 Å². The van der Waals surface area contributed by atoms with E-state index >= 15 is 0 Å². The van der Waals surface area contributed by atoms with Crippen LogP contribution in [-0.2, 0) is 16.1 Å². The summed E-state index contributed by atoms with van der Waals surface area (Å²) in [6.45, 7) is 4.45. The number of carbonyl (C=O) groups is 1. The van der Waals surface area contributed by atoms with Gasteiger partial charge in [0.1, 0.15) is 18.2 Å². The summed E-state index contributed by atoms with van der Waals surface area (Å²) in [5.41, 5.74) is 0.927. The predicted octanol–water partition coefficient (Wildman–Crippen LogP) is 1.04. The number of nitrogens with zero attached hydrogens (tertiary/aromatic N) is 3. The molecule has 0 radical (unpaired) electrons. The molecule has 2 rings (SSSR count). The van der Waals surface area contributed by atoms with Crippen molar-refractivity contribution in [1.82, 2.24) is 15.3 Å². The standard InChI is InChI=1S/C14H22N4O2/c1-11-8-13(18-6-4-3-5-7-18)17-12(16-11)9-15-14(19)10-20-2/h8H,3-7,9-10H2,1-2H3,(H,15,19). The normalized spacial score (nSPS) is 15.2. The van der Waals surface area contributed by atoms with Gasteiger partial charge in [0.15, 0.2) is 0 Å². The number of aromatic nitrogens is 2. The minimum Gasteiger partial charge on any atom is -0.375 e. The lowest BCUT2D eigenvalue weighted by atomic mass is 10.1. The van der Waals surface area contributed by atoms with Crippen LogP contribution < -0.4 is 10.2 Å². The van der Waals surface area contributed by atoms with Crippen LogP contribution in [0.5, 0.6) is 0 Å². The van der Waals surface area contributed by atoms with Crippen molar-refractivity contribution in [2.45, 2.75) is 32.7 Å². The molecule has 0 bridgehead atoms. The Bertz CT molecular complexity index is 458. The van der Waals surface area contributed by atoms with Gasteiger partial charge in [-0.05, 0) is 26.2 Å². The molecule has 0 aromatic carbocycles. The van der Waals surface area contributed by atoms with Crippen LogP contribution >= 0.6 is 0 Å². The monoisotopic (exact) mass is 278 g/mol. The Morgan fingerprint density at radius 3 is 2.80 bits per heavy atom. The zero-order valence-corrected chi connectivity index (χ0v) is 12.2. The van der Waals surface area contributed by atoms with Gasteiger partial charge in [0.25, 0.3) is 0 Å². The number of methoxy groups -OCH3 is 1. The van der Waals surface area contributed by atoms with Gasteiger partial charge in [-0.3, -0.25) is 4.79 Å². The summed E-state index contributed by atoms with van der Waals surface area (Å²) in [6, 6.07) is 2.01. The second-order valence-electron chi connectivity index (χ2n) is 5.04. The molecule has 1 aromatic heterocycles. The predicted molar refractivity (Wildman–Crippen MR) is 76.6 cm³/mol. The number of aryl methyl sites for hydroxylation is 1. The summed E-state index contributed by atoms with van der Waals surface area (Å²) in [7, 11) is 1.50. The molecular weight excluding hydrogens is 256 g/mol. The largest absolute Gasteiger partial charge is 0.375 e. The zero-order valence-electron chi connectivity index (χ0n) is 12.2. The summed E-state index contributed by atoms with van der Waals surface area (Å²) >= 11 is 0. The molecule has 0 atom stereocenters. The van der Waals surface area contributed by atoms with E-state index in [-0.39, 0.29) is 12.5 Å². The van der Waals surface area contributed by atoms with Crippen molar-refractivity contribution in [2.75, 3.05) is 31.7 Å². The van der Waals surface area contributed by atoms with Gasteiger partial charge in [-0.25, -0.2) is 9.97 Å². The van der Waals surface area contributed by atoms with E-state index in [0.717, 1.165) is 24.6 Å². The first-order valence-corrected chi connectivity index (χ1v) is 7.04. The maximum absolute atomic E-state index is 11.4. The minimum absolute atomic E-state index is 0.0603. The highest BCUT2D eigenvalue weighted by atomic mass is 16.5. The SMILES string of the molecule is COCC(=O)NCc1nc(C)cc(N2CCCCC2)n1. The van der Waals surface area contributed by atoms with Gasteiger partial charge in [0, 0.05) is 32.0 Å². The quantitative estimate of drug-likeness (QED) is 0.871. The fourth-order valence-corrected chi connectivity index (χ4v) is 2.34. The first-order valence-electron chi connectivity index (χ1n) is 7.04. The molecule has 6 nitrogen and oxygen atoms in total. The molecule has 2 heterocycles. The molecule has 1 N–H and O–H groups in total. The molecule has 0 aliphatic carbocycles. The van der Waals surface area contributed by atoms with Crippen LogP contribution in [0.1, 0.15) is 30.8 Å². The van der Waals surface area contributed by atoms with E-state index in [9.17, 15) is 4.79 Å². The van der Waals surface area contributed by atoms with E-state index in [4.69, 9.17) is 4.74 Å². The van der Waals surface area contributed by atoms with E-state index in [1.807, 2.05) is 13.0 Å². The average molecular weight is 278 g/mol. The van der Waals surface area contributed by atoms with Crippen molar-refractivity contribution < 1.29 is 9.53 Å². The van der Waals surface area contributed by atoms with Crippen molar-refractivity contribution in [2.24, 2.45) is 0 Å². The highest BCUT2D eigenvalue weighted by Gasteiger charge is 2.14. The van der Waals surface area contributed by atoms with Crippen LogP contribution in [-0.4, -0.2) is 42.7 Å². The van der Waals surface area contributed by atoms with Crippen LogP contribution in [0.15, 0.2) is 6.07 Å². The number of anilines is 1. The Balaban J connectivity index is 2.02. The van der Waals surface area contributed by atoms with Gasteiger partial charge in [-0.2, -0.15) is 0 Å². The minimum atomic E-state index is -0.155. The van der Waals surface area contributed by atoms with Crippen LogP contribution in [0.2, 0.25) is 0 Å². The number of nitrogens with one attached hydrogen (secondary N) is 1. The van der Waals surface area contributed by atoms with E-state index in [1.165, 1.54) is 26.4 Å². The lowest BCUT2D eigenvalue weighted by Gasteiger charge is -2.28. The zero-order chi connectivity index (χ0) is 14.4. The number of hydrogen-bond donors (Lipinski definition) is 1. The highest BCUT2D eigenvalue weighted by Crippen LogP contribution is 2.18. The number of piperidine rings is 1. The van der Waals surface area contributed by atoms with Crippen molar-refractivity contribution >= 4 is 11.7 Å². The first-order chi connectivity index (χ1) is 9.69. The van der Waals surface area contributed by atoms with Gasteiger partial charge in [0.05, 0.1) is 6.54 Å². The van der Waals surface area contributed by atoms with E-state index in [2.05, 4.69) is 20.2 Å². The fraction of sp³-hybridized carbons (Fsp3) is 0.643. The Morgan fingerprint density at radius 2 is 2.10 bits per heavy atom. The lowest BCUT2D eigenvalue weighted by molar-refractivity contribution is -0.124. The molecule has 1 saturated heterocycles. The highest BCUT2D eigenvalue weighted by molar-refractivity contribution is 5.77. The third kappa shape index (κ3) is 4.16. The molecule has 1 aliphatic rings. The number of carbonyl (C=O) groups excluding carboxylic acids is 1. The van der Waals surface area contributed by atoms with Gasteiger partial charge >= 0.3 is 0 Å².